The van der Waals surface area contributed by atoms with E-state index < -0.39 is 0 Å². The first-order valence-corrected chi connectivity index (χ1v) is 7.41. The van der Waals surface area contributed by atoms with E-state index in [9.17, 15) is 0 Å². The molecule has 0 amide bonds. The highest BCUT2D eigenvalue weighted by molar-refractivity contribution is 8.80. The fraction of sp³-hybridized carbons (Fsp3) is 1.00. The Morgan fingerprint density at radius 2 is 2.18 bits per heavy atom. The van der Waals surface area contributed by atoms with Gasteiger partial charge in [-0.3, -0.25) is 4.90 Å². The molecule has 2 rings (SSSR count). The molecule has 4 heteroatoms. The molecule has 2 saturated heterocycles. The Balaban J connectivity index is 1.91. The molecule has 0 spiro atoms. The minimum absolute atomic E-state index is 0.834. The summed E-state index contributed by atoms with van der Waals surface area (Å²) in [5.41, 5.74) is 0. The molecule has 2 fully saturated rings. The molecule has 0 saturated carbocycles. The molecule has 2 aliphatic rings. The highest BCUT2D eigenvalue weighted by Crippen LogP contribution is 2.51. The van der Waals surface area contributed by atoms with E-state index in [0.29, 0.717) is 0 Å². The van der Waals surface area contributed by atoms with Crippen LogP contribution in [-0.4, -0.2) is 40.6 Å². The van der Waals surface area contributed by atoms with Crippen molar-refractivity contribution in [2.75, 3.05) is 25.1 Å². The number of thioether (sulfide) groups is 1. The first-order valence-electron chi connectivity index (χ1n) is 3.98. The molecule has 0 aliphatic carbocycles. The van der Waals surface area contributed by atoms with Crippen LogP contribution < -0.4 is 0 Å². The molecule has 0 N–H and O–H groups in total. The van der Waals surface area contributed by atoms with Crippen LogP contribution in [-0.2, 0) is 0 Å². The van der Waals surface area contributed by atoms with Crippen molar-refractivity contribution in [3.63, 3.8) is 0 Å². The van der Waals surface area contributed by atoms with Crippen molar-refractivity contribution in [1.82, 2.24) is 4.90 Å². The third-order valence-electron chi connectivity index (χ3n) is 2.17. The Hall–Kier alpha value is 1.01. The fourth-order valence-electron chi connectivity index (χ4n) is 1.37. The summed E-state index contributed by atoms with van der Waals surface area (Å²) in [6.45, 7) is 1.28. The molecule has 2 aliphatic heterocycles. The van der Waals surface area contributed by atoms with Crippen molar-refractivity contribution in [3.8, 4) is 0 Å². The predicted octanol–water partition coefficient (Wildman–Crippen LogP) is 2.14. The lowest BCUT2D eigenvalue weighted by Crippen LogP contribution is -2.44. The van der Waals surface area contributed by atoms with Crippen LogP contribution in [0.25, 0.3) is 0 Å². The molecular formula is C7H13NS3. The second kappa shape index (κ2) is 3.81. The predicted molar refractivity (Wildman–Crippen MR) is 57.3 cm³/mol. The summed E-state index contributed by atoms with van der Waals surface area (Å²) in [5, 5.41) is 1.76. The van der Waals surface area contributed by atoms with Gasteiger partial charge >= 0.3 is 0 Å². The minimum Gasteiger partial charge on any atom is -0.292 e. The summed E-state index contributed by atoms with van der Waals surface area (Å²) < 4.78 is 0. The molecule has 0 aromatic carbocycles. The molecule has 64 valence electrons. The van der Waals surface area contributed by atoms with Crippen LogP contribution in [0.2, 0.25) is 0 Å². The van der Waals surface area contributed by atoms with Gasteiger partial charge in [0.15, 0.2) is 0 Å². The molecule has 0 bridgehead atoms. The first kappa shape index (κ1) is 8.60. The maximum absolute atomic E-state index is 2.51. The third-order valence-corrected chi connectivity index (χ3v) is 6.74. The lowest BCUT2D eigenvalue weighted by atomic mass is 10.3. The molecular weight excluding hydrogens is 194 g/mol. The largest absolute Gasteiger partial charge is 0.292 e. The van der Waals surface area contributed by atoms with Gasteiger partial charge in [0.1, 0.15) is 0 Å². The van der Waals surface area contributed by atoms with E-state index in [1.165, 1.54) is 24.5 Å². The quantitative estimate of drug-likeness (QED) is 0.560. The molecule has 2 unspecified atom stereocenters. The normalized spacial score (nSPS) is 40.1. The average molecular weight is 207 g/mol. The molecule has 0 radical (unpaired) electrons. The topological polar surface area (TPSA) is 3.24 Å². The Kier molecular flexibility index (Phi) is 2.98. The van der Waals surface area contributed by atoms with Crippen LogP contribution in [0.15, 0.2) is 0 Å². The van der Waals surface area contributed by atoms with Crippen LogP contribution >= 0.6 is 33.3 Å². The van der Waals surface area contributed by atoms with E-state index in [1.807, 2.05) is 0 Å². The maximum atomic E-state index is 2.51. The summed E-state index contributed by atoms with van der Waals surface area (Å²) in [4.78, 5) is 2.51. The first-order chi connectivity index (χ1) is 5.38. The van der Waals surface area contributed by atoms with Crippen molar-refractivity contribution >= 4 is 33.3 Å². The highest BCUT2D eigenvalue weighted by Gasteiger charge is 2.36. The zero-order chi connectivity index (χ0) is 7.68. The van der Waals surface area contributed by atoms with Crippen molar-refractivity contribution in [3.05, 3.63) is 0 Å². The van der Waals surface area contributed by atoms with Crippen molar-refractivity contribution < 1.29 is 0 Å². The SMILES string of the molecule is CN1CCSCCC2SSC21. The van der Waals surface area contributed by atoms with Crippen LogP contribution in [0.5, 0.6) is 0 Å². The maximum Gasteiger partial charge on any atom is 0.0788 e. The minimum atomic E-state index is 0.834. The van der Waals surface area contributed by atoms with Gasteiger partial charge in [-0.1, -0.05) is 21.6 Å². The van der Waals surface area contributed by atoms with E-state index in [0.717, 1.165) is 10.6 Å². The van der Waals surface area contributed by atoms with Crippen LogP contribution in [0.3, 0.4) is 0 Å². The van der Waals surface area contributed by atoms with Crippen molar-refractivity contribution in [1.29, 1.82) is 0 Å². The molecule has 2 heterocycles. The van der Waals surface area contributed by atoms with Gasteiger partial charge in [-0.2, -0.15) is 11.8 Å². The van der Waals surface area contributed by atoms with Gasteiger partial charge in [0.2, 0.25) is 0 Å². The smallest absolute Gasteiger partial charge is 0.0788 e. The van der Waals surface area contributed by atoms with Gasteiger partial charge in [0.25, 0.3) is 0 Å². The van der Waals surface area contributed by atoms with Crippen LogP contribution in [0.4, 0.5) is 0 Å². The summed E-state index contributed by atoms with van der Waals surface area (Å²) in [5.74, 6) is 2.70. The lowest BCUT2D eigenvalue weighted by Gasteiger charge is -2.42. The van der Waals surface area contributed by atoms with E-state index in [-0.39, 0.29) is 0 Å². The zero-order valence-electron chi connectivity index (χ0n) is 6.66. The number of nitrogens with zero attached hydrogens (tertiary/aromatic N) is 1. The van der Waals surface area contributed by atoms with E-state index in [1.54, 1.807) is 0 Å². The second-order valence-electron chi connectivity index (χ2n) is 3.00. The summed E-state index contributed by atoms with van der Waals surface area (Å²) in [6.07, 6.45) is 1.41. The molecule has 11 heavy (non-hydrogen) atoms. The lowest BCUT2D eigenvalue weighted by molar-refractivity contribution is 0.320. The average Bonchev–Trinajstić information content (AvgIpc) is 1.92. The van der Waals surface area contributed by atoms with E-state index in [2.05, 4.69) is 45.3 Å². The van der Waals surface area contributed by atoms with E-state index >= 15 is 0 Å². The standard InChI is InChI=1S/C7H13NS3/c1-8-3-5-9-4-2-6-7(8)11-10-6/h6-7H,2-5H2,1H3. The molecule has 0 aromatic rings. The summed E-state index contributed by atoms with van der Waals surface area (Å²) in [7, 11) is 6.39. The summed E-state index contributed by atoms with van der Waals surface area (Å²) >= 11 is 2.11. The molecule has 1 nitrogen and oxygen atoms in total. The number of rotatable bonds is 0. The molecule has 0 aromatic heterocycles. The zero-order valence-corrected chi connectivity index (χ0v) is 9.10. The third kappa shape index (κ3) is 1.85. The van der Waals surface area contributed by atoms with Crippen LogP contribution in [0, 0.1) is 0 Å². The van der Waals surface area contributed by atoms with Gasteiger partial charge in [0.05, 0.1) is 5.37 Å². The van der Waals surface area contributed by atoms with Gasteiger partial charge < -0.3 is 0 Å². The second-order valence-corrected chi connectivity index (χ2v) is 6.86. The van der Waals surface area contributed by atoms with Crippen LogP contribution in [0.1, 0.15) is 6.42 Å². The Bertz CT molecular complexity index is 134. The fourth-order valence-corrected chi connectivity index (χ4v) is 5.57. The van der Waals surface area contributed by atoms with Crippen molar-refractivity contribution in [2.45, 2.75) is 17.0 Å². The number of hydrogen-bond acceptors (Lipinski definition) is 4. The highest BCUT2D eigenvalue weighted by atomic mass is 33.1. The van der Waals surface area contributed by atoms with Gasteiger partial charge in [-0.25, -0.2) is 0 Å². The summed E-state index contributed by atoms with van der Waals surface area (Å²) in [6, 6.07) is 0. The van der Waals surface area contributed by atoms with Gasteiger partial charge in [0, 0.05) is 17.5 Å². The monoisotopic (exact) mass is 207 g/mol. The Morgan fingerprint density at radius 1 is 1.27 bits per heavy atom. The molecule has 2 atom stereocenters. The van der Waals surface area contributed by atoms with E-state index in [4.69, 9.17) is 0 Å². The van der Waals surface area contributed by atoms with Gasteiger partial charge in [-0.15, -0.1) is 0 Å². The Labute approximate surface area is 80.4 Å². The van der Waals surface area contributed by atoms with Crippen molar-refractivity contribution in [2.24, 2.45) is 0 Å². The Morgan fingerprint density at radius 3 is 2.91 bits per heavy atom. The van der Waals surface area contributed by atoms with Gasteiger partial charge in [-0.05, 0) is 19.2 Å². The number of fused-ring (bicyclic) bond motifs is 1. The number of hydrogen-bond donors (Lipinski definition) is 0.